The Balaban J connectivity index is 0. The number of aliphatic hydroxyl groups is 1. The standard InChI is InChI=1S/C9H20O.2ClH.Sn/c1-3-5-7-9(10)8-6-4-2;;;/h9-10H,3-8H2,1-2H3;2*1H;/q;;;+2/p-2. The molecule has 0 atom stereocenters. The van der Waals surface area contributed by atoms with E-state index in [0.29, 0.717) is 0 Å². The van der Waals surface area contributed by atoms with E-state index >= 15 is 0 Å². The predicted octanol–water partition coefficient (Wildman–Crippen LogP) is 3.73. The third-order valence-electron chi connectivity index (χ3n) is 1.78. The van der Waals surface area contributed by atoms with Gasteiger partial charge in [-0.15, -0.1) is 0 Å². The molecule has 80 valence electrons. The van der Waals surface area contributed by atoms with Gasteiger partial charge in [0.2, 0.25) is 0 Å². The van der Waals surface area contributed by atoms with Gasteiger partial charge in [0, 0.05) is 0 Å². The zero-order chi connectivity index (χ0) is 10.5. The Morgan fingerprint density at radius 3 is 1.62 bits per heavy atom. The van der Waals surface area contributed by atoms with Crippen LogP contribution in [0.2, 0.25) is 0 Å². The minimum absolute atomic E-state index is 0.0279. The summed E-state index contributed by atoms with van der Waals surface area (Å²) >= 11 is -0.826. The second-order valence-corrected chi connectivity index (χ2v) is 7.25. The summed E-state index contributed by atoms with van der Waals surface area (Å²) in [6.07, 6.45) is 6.70. The Morgan fingerprint density at radius 1 is 1.08 bits per heavy atom. The Labute approximate surface area is 99.8 Å². The van der Waals surface area contributed by atoms with Crippen LogP contribution in [0.15, 0.2) is 0 Å². The molecule has 0 aliphatic rings. The maximum absolute atomic E-state index is 9.31. The van der Waals surface area contributed by atoms with Crippen LogP contribution in [0.25, 0.3) is 0 Å². The molecule has 0 aliphatic carbocycles. The number of hydrogen-bond acceptors (Lipinski definition) is 1. The summed E-state index contributed by atoms with van der Waals surface area (Å²) < 4.78 is 0. The summed E-state index contributed by atoms with van der Waals surface area (Å²) in [5, 5.41) is 9.31. The van der Waals surface area contributed by atoms with Crippen LogP contribution in [-0.4, -0.2) is 30.1 Å². The van der Waals surface area contributed by atoms with Crippen LogP contribution in [0.1, 0.15) is 52.4 Å². The molecule has 0 aromatic heterocycles. The third kappa shape index (κ3) is 19.7. The van der Waals surface area contributed by atoms with E-state index in [4.69, 9.17) is 17.8 Å². The molecule has 0 aliphatic heterocycles. The summed E-state index contributed by atoms with van der Waals surface area (Å²) in [6, 6.07) is 0. The van der Waals surface area contributed by atoms with Gasteiger partial charge in [0.25, 0.3) is 0 Å². The monoisotopic (exact) mass is 334 g/mol. The van der Waals surface area contributed by atoms with Crippen LogP contribution >= 0.6 is 17.8 Å². The molecule has 0 rings (SSSR count). The average molecular weight is 334 g/mol. The van der Waals surface area contributed by atoms with Crippen LogP contribution in [0.5, 0.6) is 0 Å². The third-order valence-corrected chi connectivity index (χ3v) is 1.78. The van der Waals surface area contributed by atoms with Crippen molar-refractivity contribution < 1.29 is 5.11 Å². The topological polar surface area (TPSA) is 20.2 Å². The SMILES string of the molecule is CCCCC(O)CCCC.[Cl][Sn][Cl]. The molecular weight excluding hydrogens is 314 g/mol. The Morgan fingerprint density at radius 2 is 1.38 bits per heavy atom. The Kier molecular flexibility index (Phi) is 20.4. The van der Waals surface area contributed by atoms with Gasteiger partial charge in [0.15, 0.2) is 0 Å². The fraction of sp³-hybridized carbons (Fsp3) is 1.00. The average Bonchev–Trinajstić information content (AvgIpc) is 2.12. The van der Waals surface area contributed by atoms with Gasteiger partial charge in [0.1, 0.15) is 0 Å². The maximum atomic E-state index is 9.31. The summed E-state index contributed by atoms with van der Waals surface area (Å²) in [6.45, 7) is 4.32. The molecular formula is C9H20Cl2OSn. The number of hydrogen-bond donors (Lipinski definition) is 1. The Bertz CT molecular complexity index is 76.0. The van der Waals surface area contributed by atoms with Crippen LogP contribution < -0.4 is 0 Å². The summed E-state index contributed by atoms with van der Waals surface area (Å²) in [5.41, 5.74) is 0. The number of rotatable bonds is 6. The van der Waals surface area contributed by atoms with Crippen molar-refractivity contribution in [2.24, 2.45) is 0 Å². The molecule has 0 fully saturated rings. The summed E-state index contributed by atoms with van der Waals surface area (Å²) in [4.78, 5) is 0. The van der Waals surface area contributed by atoms with Gasteiger partial charge in [0.05, 0.1) is 6.10 Å². The first-order chi connectivity index (χ1) is 6.22. The van der Waals surface area contributed by atoms with Gasteiger partial charge < -0.3 is 5.11 Å². The zero-order valence-corrected chi connectivity index (χ0v) is 12.9. The van der Waals surface area contributed by atoms with E-state index in [0.717, 1.165) is 12.8 Å². The molecule has 0 aromatic carbocycles. The quantitative estimate of drug-likeness (QED) is 0.734. The van der Waals surface area contributed by atoms with Gasteiger partial charge >= 0.3 is 36.7 Å². The first-order valence-corrected chi connectivity index (χ1v) is 12.1. The molecule has 1 N–H and O–H groups in total. The fourth-order valence-electron chi connectivity index (χ4n) is 1.02. The van der Waals surface area contributed by atoms with E-state index < -0.39 is 18.9 Å². The van der Waals surface area contributed by atoms with E-state index in [9.17, 15) is 5.11 Å². The first kappa shape index (κ1) is 16.8. The fourth-order valence-corrected chi connectivity index (χ4v) is 1.02. The normalized spacial score (nSPS) is 9.69. The molecule has 0 heterocycles. The molecule has 13 heavy (non-hydrogen) atoms. The molecule has 0 amide bonds. The van der Waals surface area contributed by atoms with Crippen LogP contribution in [0.3, 0.4) is 0 Å². The Hall–Kier alpha value is 1.34. The van der Waals surface area contributed by atoms with E-state index in [1.807, 2.05) is 0 Å². The van der Waals surface area contributed by atoms with E-state index in [1.165, 1.54) is 25.7 Å². The van der Waals surface area contributed by atoms with Crippen molar-refractivity contribution >= 4 is 36.7 Å². The van der Waals surface area contributed by atoms with Crippen molar-refractivity contribution in [3.05, 3.63) is 0 Å². The second kappa shape index (κ2) is 15.8. The van der Waals surface area contributed by atoms with E-state index in [2.05, 4.69) is 13.8 Å². The first-order valence-electron chi connectivity index (χ1n) is 4.87. The van der Waals surface area contributed by atoms with E-state index in [-0.39, 0.29) is 6.10 Å². The van der Waals surface area contributed by atoms with E-state index in [1.54, 1.807) is 0 Å². The van der Waals surface area contributed by atoms with Gasteiger partial charge in [-0.3, -0.25) is 0 Å². The van der Waals surface area contributed by atoms with Crippen molar-refractivity contribution in [2.45, 2.75) is 58.5 Å². The van der Waals surface area contributed by atoms with Crippen molar-refractivity contribution in [3.8, 4) is 0 Å². The van der Waals surface area contributed by atoms with Crippen LogP contribution in [0, 0.1) is 0 Å². The second-order valence-electron chi connectivity index (χ2n) is 3.01. The predicted molar refractivity (Wildman–Crippen MR) is 62.5 cm³/mol. The summed E-state index contributed by atoms with van der Waals surface area (Å²) in [7, 11) is 9.87. The molecule has 0 spiro atoms. The summed E-state index contributed by atoms with van der Waals surface area (Å²) in [5.74, 6) is 0. The van der Waals surface area contributed by atoms with Crippen LogP contribution in [0.4, 0.5) is 0 Å². The number of unbranched alkanes of at least 4 members (excludes halogenated alkanes) is 2. The molecule has 0 bridgehead atoms. The minimum atomic E-state index is -0.826. The number of halogens is 2. The molecule has 0 saturated heterocycles. The van der Waals surface area contributed by atoms with Gasteiger partial charge in [-0.2, -0.15) is 0 Å². The molecule has 1 nitrogen and oxygen atoms in total. The van der Waals surface area contributed by atoms with Gasteiger partial charge in [-0.05, 0) is 12.8 Å². The molecule has 4 heteroatoms. The molecule has 0 aromatic rings. The van der Waals surface area contributed by atoms with Crippen molar-refractivity contribution in [3.63, 3.8) is 0 Å². The molecule has 2 radical (unpaired) electrons. The van der Waals surface area contributed by atoms with Gasteiger partial charge in [-0.1, -0.05) is 39.5 Å². The van der Waals surface area contributed by atoms with Crippen LogP contribution in [-0.2, 0) is 0 Å². The zero-order valence-electron chi connectivity index (χ0n) is 8.52. The van der Waals surface area contributed by atoms with Crippen molar-refractivity contribution in [1.82, 2.24) is 0 Å². The van der Waals surface area contributed by atoms with Gasteiger partial charge in [-0.25, -0.2) is 0 Å². The molecule has 0 unspecified atom stereocenters. The van der Waals surface area contributed by atoms with Crippen molar-refractivity contribution in [2.75, 3.05) is 0 Å². The molecule has 0 saturated carbocycles. The number of aliphatic hydroxyl groups excluding tert-OH is 1. The van der Waals surface area contributed by atoms with Crippen molar-refractivity contribution in [1.29, 1.82) is 0 Å².